The molecule has 0 amide bonds. The van der Waals surface area contributed by atoms with Crippen molar-refractivity contribution in [2.45, 2.75) is 19.0 Å². The molecule has 1 aromatic rings. The molecule has 2 rings (SSSR count). The third-order valence-electron chi connectivity index (χ3n) is 2.73. The zero-order valence-corrected chi connectivity index (χ0v) is 10.9. The maximum atomic E-state index is 12.5. The topological polar surface area (TPSA) is 17.1 Å². The molecule has 0 N–H and O–H groups in total. The summed E-state index contributed by atoms with van der Waals surface area (Å²) in [6.45, 7) is 0. The van der Waals surface area contributed by atoms with Crippen molar-refractivity contribution in [3.8, 4) is 0 Å². The van der Waals surface area contributed by atoms with E-state index in [9.17, 15) is 18.0 Å². The summed E-state index contributed by atoms with van der Waals surface area (Å²) in [4.78, 5) is 11.4. The standard InChI is InChI=1S/C13H10BrF3O/c14-11-5-4-10(13(15,16)17)7-9(11)3-6-12(18)8-1-2-8/h3-8H,1-2H2/b6-3+. The second kappa shape index (κ2) is 4.88. The van der Waals surface area contributed by atoms with E-state index in [1.54, 1.807) is 0 Å². The number of alkyl halides is 3. The number of allylic oxidation sites excluding steroid dienone is 1. The van der Waals surface area contributed by atoms with Gasteiger partial charge in [-0.3, -0.25) is 4.79 Å². The van der Waals surface area contributed by atoms with Crippen molar-refractivity contribution in [2.24, 2.45) is 5.92 Å². The predicted molar refractivity (Wildman–Crippen MR) is 65.9 cm³/mol. The van der Waals surface area contributed by atoms with Gasteiger partial charge in [-0.05, 0) is 42.7 Å². The maximum Gasteiger partial charge on any atom is 0.416 e. The SMILES string of the molecule is O=C(/C=C/c1cc(C(F)(F)F)ccc1Br)C1CC1. The fraction of sp³-hybridized carbons (Fsp3) is 0.308. The second-order valence-corrected chi connectivity index (χ2v) is 5.10. The molecule has 0 bridgehead atoms. The van der Waals surface area contributed by atoms with E-state index in [2.05, 4.69) is 15.9 Å². The van der Waals surface area contributed by atoms with Crippen LogP contribution in [0.3, 0.4) is 0 Å². The highest BCUT2D eigenvalue weighted by atomic mass is 79.9. The van der Waals surface area contributed by atoms with E-state index >= 15 is 0 Å². The molecule has 0 radical (unpaired) electrons. The monoisotopic (exact) mass is 318 g/mol. The van der Waals surface area contributed by atoms with Gasteiger partial charge in [0.15, 0.2) is 5.78 Å². The number of hydrogen-bond acceptors (Lipinski definition) is 1. The first-order valence-corrected chi connectivity index (χ1v) is 6.26. The number of benzene rings is 1. The molecule has 0 unspecified atom stereocenters. The van der Waals surface area contributed by atoms with E-state index in [4.69, 9.17) is 0 Å². The quantitative estimate of drug-likeness (QED) is 0.752. The summed E-state index contributed by atoms with van der Waals surface area (Å²) in [5.74, 6) is 0.0603. The van der Waals surface area contributed by atoms with Crippen LogP contribution in [0.2, 0.25) is 0 Å². The van der Waals surface area contributed by atoms with Crippen molar-refractivity contribution in [3.63, 3.8) is 0 Å². The summed E-state index contributed by atoms with van der Waals surface area (Å²) in [5.41, 5.74) is -0.358. The molecular weight excluding hydrogens is 309 g/mol. The molecule has 5 heteroatoms. The van der Waals surface area contributed by atoms with Crippen LogP contribution in [0, 0.1) is 5.92 Å². The van der Waals surface area contributed by atoms with Gasteiger partial charge in [0.05, 0.1) is 5.56 Å². The van der Waals surface area contributed by atoms with E-state index in [-0.39, 0.29) is 11.7 Å². The minimum Gasteiger partial charge on any atom is -0.295 e. The van der Waals surface area contributed by atoms with Crippen LogP contribution < -0.4 is 0 Å². The summed E-state index contributed by atoms with van der Waals surface area (Å²) in [6.07, 6.45) is 0.182. The number of ketones is 1. The number of carbonyl (C=O) groups excluding carboxylic acids is 1. The fourth-order valence-electron chi connectivity index (χ4n) is 1.52. The molecule has 1 aliphatic rings. The van der Waals surface area contributed by atoms with Crippen LogP contribution in [-0.2, 0) is 11.0 Å². The van der Waals surface area contributed by atoms with Crippen LogP contribution >= 0.6 is 15.9 Å². The van der Waals surface area contributed by atoms with Gasteiger partial charge in [0, 0.05) is 10.4 Å². The van der Waals surface area contributed by atoms with Gasteiger partial charge in [0.25, 0.3) is 0 Å². The number of carbonyl (C=O) groups is 1. The van der Waals surface area contributed by atoms with Crippen LogP contribution in [-0.4, -0.2) is 5.78 Å². The molecule has 0 aliphatic heterocycles. The highest BCUT2D eigenvalue weighted by Gasteiger charge is 2.31. The molecule has 1 nitrogen and oxygen atoms in total. The van der Waals surface area contributed by atoms with Crippen molar-refractivity contribution in [1.82, 2.24) is 0 Å². The summed E-state index contributed by atoms with van der Waals surface area (Å²) < 4.78 is 38.1. The molecule has 18 heavy (non-hydrogen) atoms. The highest BCUT2D eigenvalue weighted by Crippen LogP contribution is 2.33. The third kappa shape index (κ3) is 3.22. The lowest BCUT2D eigenvalue weighted by Gasteiger charge is -2.08. The van der Waals surface area contributed by atoms with Crippen molar-refractivity contribution < 1.29 is 18.0 Å². The van der Waals surface area contributed by atoms with E-state index in [0.29, 0.717) is 10.0 Å². The van der Waals surface area contributed by atoms with Crippen molar-refractivity contribution in [3.05, 3.63) is 39.9 Å². The first kappa shape index (κ1) is 13.3. The Morgan fingerprint density at radius 2 is 2.00 bits per heavy atom. The molecule has 0 heterocycles. The van der Waals surface area contributed by atoms with Gasteiger partial charge < -0.3 is 0 Å². The van der Waals surface area contributed by atoms with Crippen LogP contribution in [0.5, 0.6) is 0 Å². The second-order valence-electron chi connectivity index (χ2n) is 4.24. The Kier molecular flexibility index (Phi) is 3.61. The summed E-state index contributed by atoms with van der Waals surface area (Å²) in [7, 11) is 0. The Morgan fingerprint density at radius 3 is 2.56 bits per heavy atom. The van der Waals surface area contributed by atoms with Crippen molar-refractivity contribution in [1.29, 1.82) is 0 Å². The minimum atomic E-state index is -4.37. The Labute approximate surface area is 111 Å². The molecular formula is C13H10BrF3O. The van der Waals surface area contributed by atoms with Crippen LogP contribution in [0.4, 0.5) is 13.2 Å². The van der Waals surface area contributed by atoms with Crippen LogP contribution in [0.15, 0.2) is 28.7 Å². The first-order chi connectivity index (χ1) is 8.38. The predicted octanol–water partition coefficient (Wildman–Crippen LogP) is 4.46. The lowest BCUT2D eigenvalue weighted by Crippen LogP contribution is -2.04. The van der Waals surface area contributed by atoms with Crippen LogP contribution in [0.25, 0.3) is 6.08 Å². The Bertz CT molecular complexity index is 501. The van der Waals surface area contributed by atoms with Crippen molar-refractivity contribution in [2.75, 3.05) is 0 Å². The van der Waals surface area contributed by atoms with E-state index in [1.807, 2.05) is 0 Å². The maximum absolute atomic E-state index is 12.5. The average molecular weight is 319 g/mol. The highest BCUT2D eigenvalue weighted by molar-refractivity contribution is 9.10. The molecule has 0 aromatic heterocycles. The van der Waals surface area contributed by atoms with Gasteiger partial charge in [-0.15, -0.1) is 0 Å². The Hall–Kier alpha value is -1.10. The Balaban J connectivity index is 2.23. The largest absolute Gasteiger partial charge is 0.416 e. The van der Waals surface area contributed by atoms with Gasteiger partial charge in [-0.2, -0.15) is 13.2 Å². The molecule has 96 valence electrons. The number of halogens is 4. The van der Waals surface area contributed by atoms with E-state index in [1.165, 1.54) is 18.2 Å². The van der Waals surface area contributed by atoms with Gasteiger partial charge in [-0.25, -0.2) is 0 Å². The first-order valence-electron chi connectivity index (χ1n) is 5.46. The molecule has 0 spiro atoms. The normalized spacial score (nSPS) is 16.2. The van der Waals surface area contributed by atoms with Gasteiger partial charge in [-0.1, -0.05) is 22.0 Å². The number of hydrogen-bond donors (Lipinski definition) is 0. The van der Waals surface area contributed by atoms with E-state index in [0.717, 1.165) is 25.0 Å². The molecule has 0 atom stereocenters. The molecule has 1 aliphatic carbocycles. The molecule has 1 saturated carbocycles. The smallest absolute Gasteiger partial charge is 0.295 e. The summed E-state index contributed by atoms with van der Waals surface area (Å²) in [6, 6.07) is 3.37. The Morgan fingerprint density at radius 1 is 1.33 bits per heavy atom. The summed E-state index contributed by atoms with van der Waals surface area (Å²) >= 11 is 3.17. The third-order valence-corrected chi connectivity index (χ3v) is 3.45. The zero-order valence-electron chi connectivity index (χ0n) is 9.30. The van der Waals surface area contributed by atoms with Gasteiger partial charge in [0.2, 0.25) is 0 Å². The zero-order chi connectivity index (χ0) is 13.3. The van der Waals surface area contributed by atoms with Crippen molar-refractivity contribution >= 4 is 27.8 Å². The lowest BCUT2D eigenvalue weighted by molar-refractivity contribution is -0.137. The van der Waals surface area contributed by atoms with Gasteiger partial charge in [0.1, 0.15) is 0 Å². The average Bonchev–Trinajstić information content (AvgIpc) is 3.09. The lowest BCUT2D eigenvalue weighted by atomic mass is 10.1. The number of rotatable bonds is 3. The fourth-order valence-corrected chi connectivity index (χ4v) is 1.90. The van der Waals surface area contributed by atoms with E-state index < -0.39 is 11.7 Å². The molecule has 1 fully saturated rings. The summed E-state index contributed by atoms with van der Waals surface area (Å²) in [5, 5.41) is 0. The minimum absolute atomic E-state index is 0.0145. The molecule has 0 saturated heterocycles. The molecule has 1 aromatic carbocycles. The van der Waals surface area contributed by atoms with Crippen LogP contribution in [0.1, 0.15) is 24.0 Å². The van der Waals surface area contributed by atoms with Gasteiger partial charge >= 0.3 is 6.18 Å².